The Labute approximate surface area is 189 Å². The maximum atomic E-state index is 13.1. The van der Waals surface area contributed by atoms with Crippen LogP contribution in [0.4, 0.5) is 0 Å². The predicted molar refractivity (Wildman–Crippen MR) is 126 cm³/mol. The number of rotatable bonds is 6. The zero-order chi connectivity index (χ0) is 21.2. The molecule has 0 unspecified atom stereocenters. The molecule has 0 saturated heterocycles. The molecule has 0 spiro atoms. The quantitative estimate of drug-likeness (QED) is 0.575. The van der Waals surface area contributed by atoms with Gasteiger partial charge in [0.2, 0.25) is 0 Å². The number of halogens is 1. The Morgan fingerprint density at radius 1 is 1.23 bits per heavy atom. The highest BCUT2D eigenvalue weighted by Gasteiger charge is 2.36. The van der Waals surface area contributed by atoms with Crippen LogP contribution in [-0.4, -0.2) is 43.9 Å². The third kappa shape index (κ3) is 4.85. The largest absolute Gasteiger partial charge is 0.465 e. The predicted octanol–water partition coefficient (Wildman–Crippen LogP) is 5.13. The normalized spacial score (nSPS) is 14.7. The fraction of sp³-hybridized carbons (Fsp3) is 0.417. The monoisotopic (exact) mass is 447 g/mol. The molecule has 162 valence electrons. The highest BCUT2D eigenvalue weighted by Crippen LogP contribution is 2.42. The molecule has 0 N–H and O–H groups in total. The molecule has 1 heterocycles. The van der Waals surface area contributed by atoms with Crippen LogP contribution in [0.5, 0.6) is 0 Å². The minimum absolute atomic E-state index is 0. The molecule has 0 aliphatic heterocycles. The fourth-order valence-electron chi connectivity index (χ4n) is 3.54. The van der Waals surface area contributed by atoms with Crippen LogP contribution in [0, 0.1) is 0 Å². The Morgan fingerprint density at radius 3 is 2.60 bits per heavy atom. The first-order valence-corrected chi connectivity index (χ1v) is 10.9. The molecular weight excluding hydrogens is 418 g/mol. The van der Waals surface area contributed by atoms with Crippen LogP contribution < -0.4 is 0 Å². The topological polar surface area (TPSA) is 46.6 Å². The van der Waals surface area contributed by atoms with Crippen molar-refractivity contribution in [3.05, 3.63) is 62.9 Å². The van der Waals surface area contributed by atoms with Crippen LogP contribution >= 0.6 is 23.7 Å². The average Bonchev–Trinajstić information content (AvgIpc) is 3.08. The minimum Gasteiger partial charge on any atom is -0.465 e. The molecule has 6 heteroatoms. The van der Waals surface area contributed by atoms with Crippen molar-refractivity contribution in [1.29, 1.82) is 0 Å². The third-order valence-electron chi connectivity index (χ3n) is 5.26. The van der Waals surface area contributed by atoms with Gasteiger partial charge in [0.1, 0.15) is 0 Å². The summed E-state index contributed by atoms with van der Waals surface area (Å²) in [5.74, 6) is -0.151. The summed E-state index contributed by atoms with van der Waals surface area (Å²) in [7, 11) is 4.11. The van der Waals surface area contributed by atoms with E-state index < -0.39 is 5.41 Å². The van der Waals surface area contributed by atoms with Crippen molar-refractivity contribution in [1.82, 2.24) is 4.90 Å². The molecule has 2 aromatic rings. The van der Waals surface area contributed by atoms with Gasteiger partial charge in [-0.15, -0.1) is 23.7 Å². The van der Waals surface area contributed by atoms with Crippen molar-refractivity contribution in [2.45, 2.75) is 39.0 Å². The van der Waals surface area contributed by atoms with E-state index in [-0.39, 0.29) is 24.2 Å². The van der Waals surface area contributed by atoms with Gasteiger partial charge in [-0.1, -0.05) is 30.3 Å². The number of esters is 1. The van der Waals surface area contributed by atoms with Gasteiger partial charge in [-0.3, -0.25) is 9.59 Å². The van der Waals surface area contributed by atoms with E-state index in [0.29, 0.717) is 13.0 Å². The van der Waals surface area contributed by atoms with Gasteiger partial charge >= 0.3 is 5.97 Å². The summed E-state index contributed by atoms with van der Waals surface area (Å²) < 4.78 is 5.28. The van der Waals surface area contributed by atoms with Crippen LogP contribution in [0.1, 0.15) is 58.4 Å². The van der Waals surface area contributed by atoms with E-state index in [1.54, 1.807) is 0 Å². The van der Waals surface area contributed by atoms with Crippen molar-refractivity contribution in [2.24, 2.45) is 0 Å². The van der Waals surface area contributed by atoms with E-state index in [9.17, 15) is 9.59 Å². The smallest absolute Gasteiger partial charge is 0.316 e. The number of fused-ring (bicyclic) bond motifs is 2. The van der Waals surface area contributed by atoms with Crippen molar-refractivity contribution in [2.75, 3.05) is 27.2 Å². The average molecular weight is 448 g/mol. The fourth-order valence-corrected chi connectivity index (χ4v) is 4.74. The van der Waals surface area contributed by atoms with E-state index in [4.69, 9.17) is 4.74 Å². The number of carbonyl (C=O) groups is 2. The second-order valence-corrected chi connectivity index (χ2v) is 9.22. The zero-order valence-electron chi connectivity index (χ0n) is 18.3. The standard InChI is InChI=1S/C24H29NO3S.ClH/c1-6-28-23(27)24(2,3)21-15-19-18(12-9-13-25(4)5)17-11-8-7-10-16(17)14-20(26)22(19)29-21;/h7-8,10-12,15H,6,9,13-14H2,1-5H3;1H/b18-12+;. The zero-order valence-corrected chi connectivity index (χ0v) is 19.9. The van der Waals surface area contributed by atoms with Gasteiger partial charge in [0.25, 0.3) is 0 Å². The summed E-state index contributed by atoms with van der Waals surface area (Å²) >= 11 is 1.43. The van der Waals surface area contributed by atoms with Crippen LogP contribution in [0.3, 0.4) is 0 Å². The summed E-state index contributed by atoms with van der Waals surface area (Å²) in [4.78, 5) is 29.4. The summed E-state index contributed by atoms with van der Waals surface area (Å²) in [6.07, 6.45) is 3.49. The molecule has 1 aromatic carbocycles. The molecule has 0 amide bonds. The number of ether oxygens (including phenoxy) is 1. The van der Waals surface area contributed by atoms with Crippen molar-refractivity contribution < 1.29 is 14.3 Å². The van der Waals surface area contributed by atoms with E-state index in [2.05, 4.69) is 31.1 Å². The van der Waals surface area contributed by atoms with Gasteiger partial charge < -0.3 is 9.64 Å². The summed E-state index contributed by atoms with van der Waals surface area (Å²) in [6, 6.07) is 10.2. The van der Waals surface area contributed by atoms with Gasteiger partial charge in [0, 0.05) is 23.4 Å². The Balaban J connectivity index is 0.00000320. The lowest BCUT2D eigenvalue weighted by molar-refractivity contribution is -0.148. The molecule has 4 nitrogen and oxygen atoms in total. The summed E-state index contributed by atoms with van der Waals surface area (Å²) in [5, 5.41) is 0. The maximum Gasteiger partial charge on any atom is 0.316 e. The molecule has 1 aliphatic rings. The number of nitrogens with zero attached hydrogens (tertiary/aromatic N) is 1. The molecule has 3 rings (SSSR count). The molecule has 1 aromatic heterocycles. The number of hydrogen-bond acceptors (Lipinski definition) is 5. The second-order valence-electron chi connectivity index (χ2n) is 8.17. The van der Waals surface area contributed by atoms with Crippen molar-refractivity contribution in [3.63, 3.8) is 0 Å². The Hall–Kier alpha value is -1.95. The van der Waals surface area contributed by atoms with Gasteiger partial charge in [0.05, 0.1) is 16.9 Å². The lowest BCUT2D eigenvalue weighted by atomic mass is 9.89. The Morgan fingerprint density at radius 2 is 1.93 bits per heavy atom. The Bertz CT molecular complexity index is 959. The summed E-state index contributed by atoms with van der Waals surface area (Å²) in [5.41, 5.74) is 3.41. The molecule has 0 atom stereocenters. The first-order valence-electron chi connectivity index (χ1n) is 10.0. The SMILES string of the molecule is CCOC(=O)C(C)(C)c1cc2c(s1)C(=O)Cc1ccccc1/C2=C\CCN(C)C.Cl. The second kappa shape index (κ2) is 9.90. The molecule has 0 radical (unpaired) electrons. The van der Waals surface area contributed by atoms with Gasteiger partial charge in [0.15, 0.2) is 5.78 Å². The van der Waals surface area contributed by atoms with Crippen LogP contribution in [0.15, 0.2) is 36.4 Å². The van der Waals surface area contributed by atoms with E-state index >= 15 is 0 Å². The third-order valence-corrected chi connectivity index (χ3v) is 6.76. The highest BCUT2D eigenvalue weighted by molar-refractivity contribution is 7.14. The number of Topliss-reactive ketones (excluding diaryl/α,β-unsaturated/α-hetero) is 1. The number of carbonyl (C=O) groups excluding carboxylic acids is 2. The highest BCUT2D eigenvalue weighted by atomic mass is 35.5. The molecule has 0 fully saturated rings. The first-order chi connectivity index (χ1) is 13.8. The molecule has 0 bridgehead atoms. The minimum atomic E-state index is -0.790. The van der Waals surface area contributed by atoms with Gasteiger partial charge in [-0.2, -0.15) is 0 Å². The van der Waals surface area contributed by atoms with E-state index in [1.165, 1.54) is 11.3 Å². The van der Waals surface area contributed by atoms with Crippen LogP contribution in [0.25, 0.3) is 5.57 Å². The molecule has 0 saturated carbocycles. The summed E-state index contributed by atoms with van der Waals surface area (Å²) in [6.45, 7) is 6.81. The number of benzene rings is 1. The number of thiophene rings is 1. The van der Waals surface area contributed by atoms with E-state index in [0.717, 1.165) is 45.0 Å². The molecule has 1 aliphatic carbocycles. The van der Waals surface area contributed by atoms with E-state index in [1.807, 2.05) is 45.0 Å². The maximum absolute atomic E-state index is 13.1. The molecular formula is C24H30ClNO3S. The lowest BCUT2D eigenvalue weighted by Crippen LogP contribution is -2.30. The van der Waals surface area contributed by atoms with Gasteiger partial charge in [-0.05, 0) is 64.1 Å². The number of hydrogen-bond donors (Lipinski definition) is 0. The van der Waals surface area contributed by atoms with Crippen molar-refractivity contribution in [3.8, 4) is 0 Å². The van der Waals surface area contributed by atoms with Crippen LogP contribution in [-0.2, 0) is 21.4 Å². The number of ketones is 1. The first kappa shape index (κ1) is 24.3. The Kier molecular flexibility index (Phi) is 8.03. The van der Waals surface area contributed by atoms with Gasteiger partial charge in [-0.25, -0.2) is 0 Å². The molecule has 30 heavy (non-hydrogen) atoms. The lowest BCUT2D eigenvalue weighted by Gasteiger charge is -2.20. The van der Waals surface area contributed by atoms with Crippen LogP contribution in [0.2, 0.25) is 0 Å². The van der Waals surface area contributed by atoms with Crippen molar-refractivity contribution >= 4 is 41.1 Å².